The van der Waals surface area contributed by atoms with Crippen molar-refractivity contribution in [3.8, 4) is 11.5 Å². The van der Waals surface area contributed by atoms with Crippen LogP contribution in [0.4, 0.5) is 5.13 Å². The van der Waals surface area contributed by atoms with Crippen molar-refractivity contribution in [3.63, 3.8) is 0 Å². The van der Waals surface area contributed by atoms with Crippen molar-refractivity contribution in [2.45, 2.75) is 13.3 Å². The summed E-state index contributed by atoms with van der Waals surface area (Å²) in [7, 11) is 1.59. The first-order chi connectivity index (χ1) is 14.1. The summed E-state index contributed by atoms with van der Waals surface area (Å²) in [6, 6.07) is 12.1. The van der Waals surface area contributed by atoms with Crippen LogP contribution < -0.4 is 20.4 Å². The molecule has 0 unspecified atom stereocenters. The van der Waals surface area contributed by atoms with Crippen molar-refractivity contribution in [2.75, 3.05) is 19.0 Å². The van der Waals surface area contributed by atoms with Gasteiger partial charge in [0.05, 0.1) is 23.9 Å². The Labute approximate surface area is 169 Å². The zero-order valence-electron chi connectivity index (χ0n) is 15.9. The third-order valence-corrected chi connectivity index (χ3v) is 5.17. The lowest BCUT2D eigenvalue weighted by molar-refractivity contribution is 0.102. The van der Waals surface area contributed by atoms with Gasteiger partial charge in [-0.25, -0.2) is 9.78 Å². The van der Waals surface area contributed by atoms with E-state index in [1.165, 1.54) is 17.4 Å². The van der Waals surface area contributed by atoms with Gasteiger partial charge in [-0.05, 0) is 42.8 Å². The zero-order valence-corrected chi connectivity index (χ0v) is 16.7. The van der Waals surface area contributed by atoms with Gasteiger partial charge in [0, 0.05) is 11.5 Å². The first kappa shape index (κ1) is 18.9. The Morgan fingerprint density at radius 1 is 1.17 bits per heavy atom. The van der Waals surface area contributed by atoms with E-state index in [9.17, 15) is 9.59 Å². The van der Waals surface area contributed by atoms with Crippen LogP contribution in [0.15, 0.2) is 51.7 Å². The Bertz CT molecular complexity index is 1260. The molecule has 0 radical (unpaired) electrons. The van der Waals surface area contributed by atoms with Crippen LogP contribution in [0.3, 0.4) is 0 Å². The number of rotatable bonds is 6. The maximum Gasteiger partial charge on any atom is 0.349 e. The highest BCUT2D eigenvalue weighted by atomic mass is 32.1. The van der Waals surface area contributed by atoms with Crippen molar-refractivity contribution >= 4 is 43.6 Å². The Balaban J connectivity index is 1.61. The molecular formula is C21H18N2O5S. The minimum Gasteiger partial charge on any atom is -0.497 e. The number of carbonyl (C=O) groups is 1. The van der Waals surface area contributed by atoms with Crippen molar-refractivity contribution < 1.29 is 18.7 Å². The van der Waals surface area contributed by atoms with E-state index in [1.807, 2.05) is 19.1 Å². The molecule has 0 aliphatic rings. The number of ether oxygens (including phenoxy) is 2. The number of nitrogens with one attached hydrogen (secondary N) is 1. The highest BCUT2D eigenvalue weighted by Crippen LogP contribution is 2.29. The predicted octanol–water partition coefficient (Wildman–Crippen LogP) is 4.45. The molecule has 4 rings (SSSR count). The number of anilines is 1. The molecule has 0 saturated carbocycles. The number of carbonyl (C=O) groups excluding carboxylic acids is 1. The number of nitrogens with zero attached hydrogens (tertiary/aromatic N) is 1. The Morgan fingerprint density at radius 3 is 2.79 bits per heavy atom. The topological polar surface area (TPSA) is 90.7 Å². The number of hydrogen-bond acceptors (Lipinski definition) is 7. The number of amides is 1. The van der Waals surface area contributed by atoms with E-state index in [-0.39, 0.29) is 5.56 Å². The Morgan fingerprint density at radius 2 is 2.00 bits per heavy atom. The summed E-state index contributed by atoms with van der Waals surface area (Å²) in [5, 5.41) is 3.69. The van der Waals surface area contributed by atoms with Gasteiger partial charge in [0.15, 0.2) is 5.13 Å². The van der Waals surface area contributed by atoms with Gasteiger partial charge in [-0.2, -0.15) is 0 Å². The molecule has 29 heavy (non-hydrogen) atoms. The molecule has 0 fully saturated rings. The van der Waals surface area contributed by atoms with Gasteiger partial charge in [0.25, 0.3) is 5.91 Å². The van der Waals surface area contributed by atoms with Crippen LogP contribution in [0.5, 0.6) is 11.5 Å². The molecule has 148 valence electrons. The fraction of sp³-hybridized carbons (Fsp3) is 0.190. The molecule has 0 bridgehead atoms. The van der Waals surface area contributed by atoms with E-state index in [1.54, 1.807) is 31.4 Å². The van der Waals surface area contributed by atoms with Gasteiger partial charge in [0.1, 0.15) is 22.6 Å². The first-order valence-electron chi connectivity index (χ1n) is 9.04. The lowest BCUT2D eigenvalue weighted by Gasteiger charge is -2.06. The van der Waals surface area contributed by atoms with Crippen LogP contribution in [0.2, 0.25) is 0 Å². The van der Waals surface area contributed by atoms with Gasteiger partial charge < -0.3 is 13.9 Å². The molecule has 2 heterocycles. The molecule has 8 heteroatoms. The van der Waals surface area contributed by atoms with Crippen molar-refractivity contribution in [1.82, 2.24) is 4.98 Å². The van der Waals surface area contributed by atoms with Crippen LogP contribution in [0, 0.1) is 0 Å². The van der Waals surface area contributed by atoms with Gasteiger partial charge in [-0.3, -0.25) is 10.1 Å². The average molecular weight is 410 g/mol. The standard InChI is InChI=1S/C21H18N2O5S/c1-3-8-27-14-5-4-12-9-15(20(25)28-17(12)10-14)19(24)23-21-22-16-7-6-13(26-2)11-18(16)29-21/h4-7,9-11H,3,8H2,1-2H3,(H,22,23,24). The van der Waals surface area contributed by atoms with E-state index in [0.29, 0.717) is 34.2 Å². The fourth-order valence-corrected chi connectivity index (χ4v) is 3.70. The highest BCUT2D eigenvalue weighted by Gasteiger charge is 2.16. The summed E-state index contributed by atoms with van der Waals surface area (Å²) in [4.78, 5) is 29.3. The average Bonchev–Trinajstić information content (AvgIpc) is 3.12. The normalized spacial score (nSPS) is 11.0. The van der Waals surface area contributed by atoms with Gasteiger partial charge in [-0.1, -0.05) is 18.3 Å². The van der Waals surface area contributed by atoms with Gasteiger partial charge in [0.2, 0.25) is 0 Å². The molecule has 4 aromatic rings. The zero-order chi connectivity index (χ0) is 20.4. The molecule has 0 spiro atoms. The number of aromatic nitrogens is 1. The monoisotopic (exact) mass is 410 g/mol. The molecule has 0 atom stereocenters. The summed E-state index contributed by atoms with van der Waals surface area (Å²) in [5.41, 5.74) is 0.297. The van der Waals surface area contributed by atoms with E-state index in [4.69, 9.17) is 13.9 Å². The lowest BCUT2D eigenvalue weighted by Crippen LogP contribution is -2.20. The maximum atomic E-state index is 12.6. The fourth-order valence-electron chi connectivity index (χ4n) is 2.81. The Hall–Kier alpha value is -3.39. The second kappa shape index (κ2) is 7.92. The van der Waals surface area contributed by atoms with Crippen molar-refractivity contribution in [3.05, 3.63) is 58.4 Å². The predicted molar refractivity (Wildman–Crippen MR) is 112 cm³/mol. The van der Waals surface area contributed by atoms with E-state index in [0.717, 1.165) is 16.6 Å². The quantitative estimate of drug-likeness (QED) is 0.472. The minimum atomic E-state index is -0.717. The van der Waals surface area contributed by atoms with Crippen LogP contribution >= 0.6 is 11.3 Å². The van der Waals surface area contributed by atoms with E-state index in [2.05, 4.69) is 10.3 Å². The SMILES string of the molecule is CCCOc1ccc2cc(C(=O)Nc3nc4ccc(OC)cc4s3)c(=O)oc2c1. The number of fused-ring (bicyclic) bond motifs is 2. The van der Waals surface area contributed by atoms with E-state index >= 15 is 0 Å². The van der Waals surface area contributed by atoms with Crippen LogP contribution in [0.25, 0.3) is 21.2 Å². The van der Waals surface area contributed by atoms with Gasteiger partial charge in [-0.15, -0.1) is 0 Å². The molecule has 0 saturated heterocycles. The van der Waals surface area contributed by atoms with Crippen LogP contribution in [-0.4, -0.2) is 24.6 Å². The number of benzene rings is 2. The molecule has 7 nitrogen and oxygen atoms in total. The summed E-state index contributed by atoms with van der Waals surface area (Å²) < 4.78 is 16.9. The molecular weight excluding hydrogens is 392 g/mol. The summed E-state index contributed by atoms with van der Waals surface area (Å²) in [6.45, 7) is 2.58. The summed E-state index contributed by atoms with van der Waals surface area (Å²) in [5.74, 6) is 0.749. The van der Waals surface area contributed by atoms with Gasteiger partial charge >= 0.3 is 5.63 Å². The summed E-state index contributed by atoms with van der Waals surface area (Å²) in [6.07, 6.45) is 0.875. The molecule has 1 N–H and O–H groups in total. The van der Waals surface area contributed by atoms with Crippen molar-refractivity contribution in [1.29, 1.82) is 0 Å². The summed E-state index contributed by atoms with van der Waals surface area (Å²) >= 11 is 1.30. The largest absolute Gasteiger partial charge is 0.497 e. The van der Waals surface area contributed by atoms with Crippen molar-refractivity contribution in [2.24, 2.45) is 0 Å². The molecule has 2 aromatic carbocycles. The van der Waals surface area contributed by atoms with Crippen LogP contribution in [0.1, 0.15) is 23.7 Å². The smallest absolute Gasteiger partial charge is 0.349 e. The second-order valence-electron chi connectivity index (χ2n) is 6.30. The highest BCUT2D eigenvalue weighted by molar-refractivity contribution is 7.22. The second-order valence-corrected chi connectivity index (χ2v) is 7.33. The van der Waals surface area contributed by atoms with Crippen LogP contribution in [-0.2, 0) is 0 Å². The molecule has 2 aromatic heterocycles. The molecule has 0 aliphatic heterocycles. The van der Waals surface area contributed by atoms with E-state index < -0.39 is 11.5 Å². The molecule has 1 amide bonds. The number of thiazole rings is 1. The number of hydrogen-bond donors (Lipinski definition) is 1. The number of methoxy groups -OCH3 is 1. The Kier molecular flexibility index (Phi) is 5.18. The first-order valence-corrected chi connectivity index (χ1v) is 9.85. The maximum absolute atomic E-state index is 12.6. The minimum absolute atomic E-state index is 0.0865. The third-order valence-electron chi connectivity index (χ3n) is 4.24. The molecule has 0 aliphatic carbocycles. The lowest BCUT2D eigenvalue weighted by atomic mass is 10.1. The third kappa shape index (κ3) is 3.93.